The molecule has 4 heterocycles. The second-order valence-electron chi connectivity index (χ2n) is 9.70. The molecule has 0 atom stereocenters. The fraction of sp³-hybridized carbons (Fsp3) is 0.567. The SMILES string of the molecule is CCCCCCCCCCCCCCCCCc1nc2c(-c3ccc[se]3)[se]c(-c3ccc[se]3)c2s1. The number of aromatic nitrogens is 1. The molecule has 0 aliphatic rings. The molecule has 0 aliphatic heterocycles. The van der Waals surface area contributed by atoms with Crippen LogP contribution in [0.2, 0.25) is 0 Å². The van der Waals surface area contributed by atoms with Gasteiger partial charge < -0.3 is 0 Å². The third kappa shape index (κ3) is 8.71. The topological polar surface area (TPSA) is 12.9 Å². The molecule has 0 unspecified atom stereocenters. The molecule has 35 heavy (non-hydrogen) atoms. The van der Waals surface area contributed by atoms with E-state index in [1.807, 2.05) is 11.3 Å². The van der Waals surface area contributed by atoms with Gasteiger partial charge in [0.05, 0.1) is 0 Å². The summed E-state index contributed by atoms with van der Waals surface area (Å²) >= 11 is 3.49. The van der Waals surface area contributed by atoms with Crippen LogP contribution in [0.5, 0.6) is 0 Å². The molecule has 0 radical (unpaired) electrons. The Labute approximate surface area is 235 Å². The van der Waals surface area contributed by atoms with Crippen molar-refractivity contribution >= 4 is 65.1 Å². The van der Waals surface area contributed by atoms with Crippen molar-refractivity contribution in [1.29, 1.82) is 0 Å². The van der Waals surface area contributed by atoms with Gasteiger partial charge in [-0.25, -0.2) is 0 Å². The maximum atomic E-state index is 5.22. The Balaban J connectivity index is 1.14. The van der Waals surface area contributed by atoms with E-state index in [-0.39, 0.29) is 0 Å². The van der Waals surface area contributed by atoms with Crippen LogP contribution in [0, 0.1) is 0 Å². The van der Waals surface area contributed by atoms with Gasteiger partial charge in [0, 0.05) is 0 Å². The Morgan fingerprint density at radius 2 is 1.17 bits per heavy atom. The number of thiazole rings is 1. The maximum absolute atomic E-state index is 5.22. The van der Waals surface area contributed by atoms with E-state index >= 15 is 0 Å². The van der Waals surface area contributed by atoms with E-state index in [9.17, 15) is 0 Å². The number of fused-ring (bicyclic) bond motifs is 1. The zero-order valence-electron chi connectivity index (χ0n) is 21.4. The van der Waals surface area contributed by atoms with Crippen molar-refractivity contribution in [3.63, 3.8) is 0 Å². The number of hydrogen-bond donors (Lipinski definition) is 0. The van der Waals surface area contributed by atoms with Crippen molar-refractivity contribution < 1.29 is 0 Å². The second-order valence-corrected chi connectivity index (χ2v) is 16.9. The average molecular weight is 685 g/mol. The molecule has 0 saturated carbocycles. The Hall–Kier alpha value is -0.112. The van der Waals surface area contributed by atoms with Crippen LogP contribution in [-0.4, -0.2) is 48.5 Å². The van der Waals surface area contributed by atoms with Gasteiger partial charge in [0.15, 0.2) is 0 Å². The van der Waals surface area contributed by atoms with Gasteiger partial charge in [-0.2, -0.15) is 0 Å². The quantitative estimate of drug-likeness (QED) is 0.0753. The summed E-state index contributed by atoms with van der Waals surface area (Å²) in [6.07, 6.45) is 22.6. The van der Waals surface area contributed by atoms with E-state index in [0.717, 1.165) is 0 Å². The molecule has 0 amide bonds. The van der Waals surface area contributed by atoms with Gasteiger partial charge >= 0.3 is 178 Å². The first kappa shape index (κ1) is 27.9. The van der Waals surface area contributed by atoms with Crippen LogP contribution >= 0.6 is 11.3 Å². The van der Waals surface area contributed by atoms with Crippen molar-refractivity contribution in [3.8, 4) is 17.7 Å². The molecule has 0 bridgehead atoms. The molecule has 1 nitrogen and oxygen atoms in total. The van der Waals surface area contributed by atoms with Crippen LogP contribution in [0.15, 0.2) is 34.1 Å². The standard InChI is InChI=1S/C30H41NSSe3/c1-2-3-4-5-6-7-8-9-10-11-12-13-14-15-16-21-26-31-27-28(32-26)30(25-20-18-23-34-25)35-29(27)24-19-17-22-33-24/h17-20,22-23H,2-16,21H2,1H3. The number of aryl methyl sites for hydroxylation is 1. The molecule has 0 aliphatic carbocycles. The van der Waals surface area contributed by atoms with Gasteiger partial charge in [-0.15, -0.1) is 0 Å². The second kappa shape index (κ2) is 16.0. The van der Waals surface area contributed by atoms with Crippen molar-refractivity contribution in [2.75, 3.05) is 0 Å². The van der Waals surface area contributed by atoms with Gasteiger partial charge in [0.2, 0.25) is 0 Å². The van der Waals surface area contributed by atoms with Gasteiger partial charge in [-0.1, -0.05) is 58.3 Å². The molecule has 4 rings (SSSR count). The van der Waals surface area contributed by atoms with E-state index < -0.39 is 0 Å². The summed E-state index contributed by atoms with van der Waals surface area (Å²) in [6.45, 7) is 2.30. The number of nitrogens with zero attached hydrogens (tertiary/aromatic N) is 1. The predicted octanol–water partition coefficient (Wildman–Crippen LogP) is 9.22. The summed E-state index contributed by atoms with van der Waals surface area (Å²) < 4.78 is 7.95. The third-order valence-electron chi connectivity index (χ3n) is 6.78. The van der Waals surface area contributed by atoms with E-state index in [1.54, 1.807) is 17.7 Å². The van der Waals surface area contributed by atoms with Crippen LogP contribution < -0.4 is 0 Å². The van der Waals surface area contributed by atoms with Crippen molar-refractivity contribution in [2.24, 2.45) is 0 Å². The van der Waals surface area contributed by atoms with E-state index in [4.69, 9.17) is 4.98 Å². The molecule has 0 fully saturated rings. The minimum atomic E-state index is 0.445. The number of rotatable bonds is 18. The summed E-state index contributed by atoms with van der Waals surface area (Å²) in [5, 5.41) is 1.38. The first-order chi connectivity index (χ1) is 17.4. The molecular weight excluding hydrogens is 643 g/mol. The zero-order chi connectivity index (χ0) is 24.1. The number of hydrogen-bond acceptors (Lipinski definition) is 2. The summed E-state index contributed by atoms with van der Waals surface area (Å²) in [7, 11) is 0. The van der Waals surface area contributed by atoms with Gasteiger partial charge in [-0.3, -0.25) is 0 Å². The van der Waals surface area contributed by atoms with Crippen molar-refractivity contribution in [1.82, 2.24) is 4.98 Å². The normalized spacial score (nSPS) is 11.7. The molecule has 0 saturated heterocycles. The van der Waals surface area contributed by atoms with Crippen molar-refractivity contribution in [2.45, 2.75) is 110 Å². The Morgan fingerprint density at radius 1 is 0.657 bits per heavy atom. The van der Waals surface area contributed by atoms with Gasteiger partial charge in [0.1, 0.15) is 0 Å². The van der Waals surface area contributed by atoms with Crippen LogP contribution in [0.1, 0.15) is 108 Å². The van der Waals surface area contributed by atoms with Crippen LogP contribution in [0.4, 0.5) is 0 Å². The summed E-state index contributed by atoms with van der Waals surface area (Å²) in [4.78, 5) is 9.93. The van der Waals surface area contributed by atoms with Crippen molar-refractivity contribution in [3.05, 3.63) is 39.2 Å². The summed E-state index contributed by atoms with van der Waals surface area (Å²) in [5.41, 5.74) is 1.36. The monoisotopic (exact) mass is 687 g/mol. The van der Waals surface area contributed by atoms with Gasteiger partial charge in [-0.05, 0) is 0 Å². The average Bonchev–Trinajstić information content (AvgIpc) is 3.66. The molecule has 0 aromatic carbocycles. The molecule has 5 heteroatoms. The van der Waals surface area contributed by atoms with Crippen LogP contribution in [0.3, 0.4) is 0 Å². The molecule has 4 aromatic heterocycles. The Bertz CT molecular complexity index is 1010. The van der Waals surface area contributed by atoms with Gasteiger partial charge in [0.25, 0.3) is 0 Å². The Kier molecular flexibility index (Phi) is 12.7. The molecule has 0 spiro atoms. The Morgan fingerprint density at radius 3 is 1.69 bits per heavy atom. The molecule has 4 aromatic rings. The molecule has 0 N–H and O–H groups in total. The fourth-order valence-electron chi connectivity index (χ4n) is 4.77. The predicted molar refractivity (Wildman–Crippen MR) is 160 cm³/mol. The van der Waals surface area contributed by atoms with E-state index in [2.05, 4.69) is 41.1 Å². The van der Waals surface area contributed by atoms with Crippen LogP contribution in [-0.2, 0) is 6.42 Å². The first-order valence-corrected chi connectivity index (χ1v) is 20.1. The zero-order valence-corrected chi connectivity index (χ0v) is 27.3. The first-order valence-electron chi connectivity index (χ1n) is 13.9. The van der Waals surface area contributed by atoms with Crippen LogP contribution in [0.25, 0.3) is 28.0 Å². The summed E-state index contributed by atoms with van der Waals surface area (Å²) in [5.74, 6) is 0. The van der Waals surface area contributed by atoms with E-state index in [1.165, 1.54) is 118 Å². The fourth-order valence-corrected chi connectivity index (χ4v) is 13.4. The minimum absolute atomic E-state index is 0.445. The number of unbranched alkanes of at least 4 members (excludes halogenated alkanes) is 14. The third-order valence-corrected chi connectivity index (χ3v) is 15.9. The molecular formula is C30H41NSSe3. The van der Waals surface area contributed by atoms with E-state index in [0.29, 0.717) is 43.5 Å². The molecule has 190 valence electrons. The summed E-state index contributed by atoms with van der Waals surface area (Å²) in [6, 6.07) is 9.22.